The molecule has 0 saturated carbocycles. The van der Waals surface area contributed by atoms with Crippen LogP contribution >= 0.6 is 0 Å². The molecule has 0 spiro atoms. The zero-order valence-electron chi connectivity index (χ0n) is 23.8. The third kappa shape index (κ3) is 6.43. The Morgan fingerprint density at radius 2 is 1.33 bits per heavy atom. The minimum absolute atomic E-state index is 0.0463. The predicted molar refractivity (Wildman–Crippen MR) is 163 cm³/mol. The lowest BCUT2D eigenvalue weighted by atomic mass is 9.98. The third-order valence-electron chi connectivity index (χ3n) is 7.34. The van der Waals surface area contributed by atoms with Gasteiger partial charge in [-0.25, -0.2) is 9.59 Å². The van der Waals surface area contributed by atoms with Crippen molar-refractivity contribution in [3.05, 3.63) is 130 Å². The van der Waals surface area contributed by atoms with E-state index in [1.165, 1.54) is 14.0 Å². The first-order valence-electron chi connectivity index (χ1n) is 13.8. The van der Waals surface area contributed by atoms with Gasteiger partial charge in [-0.05, 0) is 71.1 Å². The third-order valence-corrected chi connectivity index (χ3v) is 7.34. The summed E-state index contributed by atoms with van der Waals surface area (Å²) >= 11 is 0. The van der Waals surface area contributed by atoms with Crippen LogP contribution in [0.25, 0.3) is 11.1 Å². The number of nitrogens with one attached hydrogen (secondary N) is 2. The van der Waals surface area contributed by atoms with Crippen molar-refractivity contribution in [1.82, 2.24) is 10.6 Å². The van der Waals surface area contributed by atoms with Crippen LogP contribution in [0.1, 0.15) is 51.0 Å². The maximum atomic E-state index is 13.1. The van der Waals surface area contributed by atoms with E-state index in [4.69, 9.17) is 15.2 Å². The molecule has 0 aromatic heterocycles. The highest BCUT2D eigenvalue weighted by Gasteiger charge is 2.39. The number of amides is 2. The molecular weight excluding hydrogens is 542 g/mol. The average molecular weight is 574 g/mol. The molecule has 4 aromatic rings. The van der Waals surface area contributed by atoms with Crippen molar-refractivity contribution in [2.45, 2.75) is 25.0 Å². The second kappa shape index (κ2) is 12.6. The molecular formula is C35H31N3O5. The number of nitrogens with two attached hydrogens (primary N) is 1. The fourth-order valence-corrected chi connectivity index (χ4v) is 5.05. The van der Waals surface area contributed by atoms with Gasteiger partial charge in [0.25, 0.3) is 5.91 Å². The van der Waals surface area contributed by atoms with Gasteiger partial charge in [-0.15, -0.1) is 0 Å². The molecule has 5 rings (SSSR count). The van der Waals surface area contributed by atoms with E-state index in [1.54, 1.807) is 24.3 Å². The molecule has 0 bridgehead atoms. The molecule has 2 amide bonds. The van der Waals surface area contributed by atoms with E-state index in [0.717, 1.165) is 33.4 Å². The van der Waals surface area contributed by atoms with Crippen LogP contribution in [0.2, 0.25) is 0 Å². The minimum Gasteiger partial charge on any atom is -0.466 e. The fourth-order valence-electron chi connectivity index (χ4n) is 5.05. The number of ether oxygens (including phenoxy) is 2. The summed E-state index contributed by atoms with van der Waals surface area (Å²) in [5.74, 6) is 4.51. The van der Waals surface area contributed by atoms with Crippen molar-refractivity contribution in [1.29, 1.82) is 0 Å². The minimum atomic E-state index is -1.89. The maximum Gasteiger partial charge on any atom is 0.409 e. The normalized spacial score (nSPS) is 12.9. The van der Waals surface area contributed by atoms with Gasteiger partial charge in [0, 0.05) is 29.2 Å². The molecule has 43 heavy (non-hydrogen) atoms. The Labute approximate surface area is 250 Å². The molecule has 1 aliphatic rings. The van der Waals surface area contributed by atoms with Crippen molar-refractivity contribution >= 4 is 18.0 Å². The van der Waals surface area contributed by atoms with Crippen LogP contribution < -0.4 is 16.4 Å². The number of hydrogen-bond donors (Lipinski definition) is 3. The summed E-state index contributed by atoms with van der Waals surface area (Å²) < 4.78 is 10.5. The van der Waals surface area contributed by atoms with Crippen LogP contribution in [-0.2, 0) is 20.8 Å². The Bertz CT molecular complexity index is 1680. The molecule has 0 aliphatic heterocycles. The largest absolute Gasteiger partial charge is 0.466 e. The molecule has 216 valence electrons. The number of carbonyl (C=O) groups is 3. The average Bonchev–Trinajstić information content (AvgIpc) is 3.36. The molecule has 0 heterocycles. The highest BCUT2D eigenvalue weighted by Crippen LogP contribution is 2.44. The van der Waals surface area contributed by atoms with E-state index in [-0.39, 0.29) is 18.1 Å². The highest BCUT2D eigenvalue weighted by atomic mass is 16.6. The van der Waals surface area contributed by atoms with Crippen molar-refractivity contribution in [2.24, 2.45) is 5.73 Å². The van der Waals surface area contributed by atoms with Crippen molar-refractivity contribution in [2.75, 3.05) is 13.7 Å². The molecule has 4 N–H and O–H groups in total. The van der Waals surface area contributed by atoms with Gasteiger partial charge in [-0.2, -0.15) is 0 Å². The lowest BCUT2D eigenvalue weighted by Crippen LogP contribution is -2.64. The van der Waals surface area contributed by atoms with E-state index in [1.807, 2.05) is 72.8 Å². The fraction of sp³-hybridized carbons (Fsp3) is 0.171. The first-order valence-corrected chi connectivity index (χ1v) is 13.8. The van der Waals surface area contributed by atoms with Gasteiger partial charge in [-0.3, -0.25) is 10.1 Å². The van der Waals surface area contributed by atoms with E-state index in [2.05, 4.69) is 22.5 Å². The molecule has 1 atom stereocenters. The molecule has 0 unspecified atom stereocenters. The SMILES string of the molecule is COC(=O)[C@](C)(NC(=O)OCC1c2ccccc2-c2ccccc21)NC(=O)c1ccc(C#Cc2ccc(CN)cc2)cc1. The number of carbonyl (C=O) groups excluding carboxylic acids is 3. The quantitative estimate of drug-likeness (QED) is 0.168. The van der Waals surface area contributed by atoms with Gasteiger partial charge in [0.05, 0.1) is 7.11 Å². The van der Waals surface area contributed by atoms with Crippen LogP contribution in [0, 0.1) is 11.8 Å². The second-order valence-corrected chi connectivity index (χ2v) is 10.2. The first-order chi connectivity index (χ1) is 20.8. The molecule has 8 nitrogen and oxygen atoms in total. The van der Waals surface area contributed by atoms with Crippen molar-refractivity contribution in [3.8, 4) is 23.0 Å². The monoisotopic (exact) mass is 573 g/mol. The number of esters is 1. The lowest BCUT2D eigenvalue weighted by molar-refractivity contribution is -0.148. The second-order valence-electron chi connectivity index (χ2n) is 10.2. The summed E-state index contributed by atoms with van der Waals surface area (Å²) in [6.07, 6.45) is -0.875. The Hall–Kier alpha value is -5.39. The van der Waals surface area contributed by atoms with Crippen LogP contribution in [0.15, 0.2) is 97.1 Å². The zero-order valence-corrected chi connectivity index (χ0v) is 23.8. The van der Waals surface area contributed by atoms with Crippen molar-refractivity contribution < 1.29 is 23.9 Å². The zero-order chi connectivity index (χ0) is 30.4. The summed E-state index contributed by atoms with van der Waals surface area (Å²) in [6, 6.07) is 30.1. The number of benzene rings is 4. The number of rotatable bonds is 7. The van der Waals surface area contributed by atoms with Gasteiger partial charge in [-0.1, -0.05) is 72.5 Å². The molecule has 0 radical (unpaired) electrons. The summed E-state index contributed by atoms with van der Waals surface area (Å²) in [5.41, 5.74) is 10.9. The number of methoxy groups -OCH3 is 1. The van der Waals surface area contributed by atoms with Gasteiger partial charge in [0.15, 0.2) is 0 Å². The van der Waals surface area contributed by atoms with Crippen LogP contribution in [-0.4, -0.2) is 37.3 Å². The Morgan fingerprint density at radius 3 is 1.86 bits per heavy atom. The maximum absolute atomic E-state index is 13.1. The lowest BCUT2D eigenvalue weighted by Gasteiger charge is -2.28. The number of fused-ring (bicyclic) bond motifs is 3. The molecule has 4 aromatic carbocycles. The molecule has 8 heteroatoms. The molecule has 1 aliphatic carbocycles. The number of hydrogen-bond acceptors (Lipinski definition) is 6. The van der Waals surface area contributed by atoms with Gasteiger partial charge in [0.2, 0.25) is 5.66 Å². The topological polar surface area (TPSA) is 120 Å². The molecule has 0 fully saturated rings. The standard InChI is InChI=1S/C35H31N3O5/c1-35(33(40)42-2,37-32(39)26-19-17-24(18-20-26)12-11-23-13-15-25(21-36)16-14-23)38-34(41)43-22-31-29-9-5-3-7-27(29)28-8-4-6-10-30(28)31/h3-10,13-20,31H,21-22,36H2,1-2H3,(H,37,39)(H,38,41)/t35-/m0/s1. The smallest absolute Gasteiger partial charge is 0.409 e. The summed E-state index contributed by atoms with van der Waals surface area (Å²) in [4.78, 5) is 38.7. The summed E-state index contributed by atoms with van der Waals surface area (Å²) in [5, 5.41) is 5.04. The summed E-state index contributed by atoms with van der Waals surface area (Å²) in [7, 11) is 1.17. The van der Waals surface area contributed by atoms with Gasteiger partial charge in [0.1, 0.15) is 6.61 Å². The molecule has 0 saturated heterocycles. The Morgan fingerprint density at radius 1 is 0.791 bits per heavy atom. The van der Waals surface area contributed by atoms with E-state index in [0.29, 0.717) is 12.1 Å². The van der Waals surface area contributed by atoms with Gasteiger partial charge < -0.3 is 20.5 Å². The van der Waals surface area contributed by atoms with Crippen molar-refractivity contribution in [3.63, 3.8) is 0 Å². The van der Waals surface area contributed by atoms with Crippen LogP contribution in [0.5, 0.6) is 0 Å². The highest BCUT2D eigenvalue weighted by molar-refractivity contribution is 5.99. The predicted octanol–water partition coefficient (Wildman–Crippen LogP) is 4.70. The van der Waals surface area contributed by atoms with E-state index in [9.17, 15) is 14.4 Å². The number of alkyl carbamates (subject to hydrolysis) is 1. The van der Waals surface area contributed by atoms with Crippen LogP contribution in [0.3, 0.4) is 0 Å². The van der Waals surface area contributed by atoms with Crippen LogP contribution in [0.4, 0.5) is 4.79 Å². The first kappa shape index (κ1) is 29.1. The summed E-state index contributed by atoms with van der Waals surface area (Å²) in [6.45, 7) is 1.85. The van der Waals surface area contributed by atoms with Gasteiger partial charge >= 0.3 is 12.1 Å². The van der Waals surface area contributed by atoms with E-state index < -0.39 is 23.6 Å². The van der Waals surface area contributed by atoms with E-state index >= 15 is 0 Å². The Balaban J connectivity index is 1.24. The Kier molecular flexibility index (Phi) is 8.56.